The lowest BCUT2D eigenvalue weighted by Gasteiger charge is -2.34. The summed E-state index contributed by atoms with van der Waals surface area (Å²) in [6.45, 7) is 3.47. The summed E-state index contributed by atoms with van der Waals surface area (Å²) in [7, 11) is 0. The van der Waals surface area contributed by atoms with Gasteiger partial charge in [0.05, 0.1) is 6.54 Å². The van der Waals surface area contributed by atoms with Crippen LogP contribution in [-0.2, 0) is 16.1 Å². The number of hydrogen-bond acceptors (Lipinski definition) is 4. The van der Waals surface area contributed by atoms with Crippen LogP contribution in [0, 0.1) is 0 Å². The molecule has 1 aliphatic rings. The number of nitrogens with zero attached hydrogens (tertiary/aromatic N) is 1. The Hall–Kier alpha value is -2.18. The van der Waals surface area contributed by atoms with E-state index in [1.165, 1.54) is 11.8 Å². The molecule has 0 bridgehead atoms. The number of carbonyl (C=O) groups is 2. The van der Waals surface area contributed by atoms with Crippen LogP contribution in [0.15, 0.2) is 41.8 Å². The molecule has 0 unspecified atom stereocenters. The molecule has 1 saturated heterocycles. The summed E-state index contributed by atoms with van der Waals surface area (Å²) in [4.78, 5) is 27.4. The average Bonchev–Trinajstić information content (AvgIpc) is 3.13. The standard InChI is InChI=1S/C19H22N2O3S/c1-14(22)20-16-6-4-15(5-7-16)19(23)21(13-18-3-2-12-25-18)17-8-10-24-11-9-17/h2-7,12,17H,8-11,13H2,1H3,(H,20,22). The first-order chi connectivity index (χ1) is 12.1. The van der Waals surface area contributed by atoms with Crippen LogP contribution in [0.5, 0.6) is 0 Å². The Bertz CT molecular complexity index is 707. The minimum absolute atomic E-state index is 0.0228. The van der Waals surface area contributed by atoms with E-state index in [9.17, 15) is 9.59 Å². The second-order valence-electron chi connectivity index (χ2n) is 6.11. The molecule has 132 valence electrons. The molecular weight excluding hydrogens is 336 g/mol. The minimum atomic E-state index is -0.124. The van der Waals surface area contributed by atoms with Crippen molar-refractivity contribution in [2.75, 3.05) is 18.5 Å². The predicted molar refractivity (Wildman–Crippen MR) is 98.8 cm³/mol. The maximum Gasteiger partial charge on any atom is 0.254 e. The fraction of sp³-hybridized carbons (Fsp3) is 0.368. The summed E-state index contributed by atoms with van der Waals surface area (Å²) >= 11 is 1.66. The highest BCUT2D eigenvalue weighted by atomic mass is 32.1. The SMILES string of the molecule is CC(=O)Nc1ccc(C(=O)N(Cc2cccs2)C2CCOCC2)cc1. The number of anilines is 1. The Labute approximate surface area is 151 Å². The zero-order valence-corrected chi connectivity index (χ0v) is 15.1. The third kappa shape index (κ3) is 4.67. The third-order valence-electron chi connectivity index (χ3n) is 4.25. The average molecular weight is 358 g/mol. The molecule has 1 aromatic carbocycles. The number of amides is 2. The van der Waals surface area contributed by atoms with Crippen molar-refractivity contribution in [1.29, 1.82) is 0 Å². The summed E-state index contributed by atoms with van der Waals surface area (Å²) in [5.41, 5.74) is 1.33. The first-order valence-electron chi connectivity index (χ1n) is 8.42. The molecule has 25 heavy (non-hydrogen) atoms. The van der Waals surface area contributed by atoms with Gasteiger partial charge in [0.2, 0.25) is 5.91 Å². The zero-order chi connectivity index (χ0) is 17.6. The fourth-order valence-electron chi connectivity index (χ4n) is 3.00. The lowest BCUT2D eigenvalue weighted by atomic mass is 10.0. The molecule has 2 amide bonds. The highest BCUT2D eigenvalue weighted by Gasteiger charge is 2.27. The molecule has 0 radical (unpaired) electrons. The van der Waals surface area contributed by atoms with Crippen molar-refractivity contribution in [1.82, 2.24) is 4.90 Å². The van der Waals surface area contributed by atoms with Gasteiger partial charge in [-0.05, 0) is 48.6 Å². The Morgan fingerprint density at radius 2 is 1.92 bits per heavy atom. The molecule has 1 N–H and O–H groups in total. The van der Waals surface area contributed by atoms with Gasteiger partial charge >= 0.3 is 0 Å². The quantitative estimate of drug-likeness (QED) is 0.889. The van der Waals surface area contributed by atoms with E-state index in [1.54, 1.807) is 35.6 Å². The summed E-state index contributed by atoms with van der Waals surface area (Å²) in [5, 5.41) is 4.75. The smallest absolute Gasteiger partial charge is 0.254 e. The molecule has 1 aliphatic heterocycles. The number of hydrogen-bond donors (Lipinski definition) is 1. The molecule has 0 aliphatic carbocycles. The monoisotopic (exact) mass is 358 g/mol. The van der Waals surface area contributed by atoms with Gasteiger partial charge in [0.1, 0.15) is 0 Å². The Balaban J connectivity index is 1.78. The normalized spacial score (nSPS) is 14.9. The van der Waals surface area contributed by atoms with Crippen LogP contribution >= 0.6 is 11.3 Å². The minimum Gasteiger partial charge on any atom is -0.381 e. The van der Waals surface area contributed by atoms with Gasteiger partial charge in [0, 0.05) is 42.3 Å². The van der Waals surface area contributed by atoms with Gasteiger partial charge in [-0.15, -0.1) is 11.3 Å². The van der Waals surface area contributed by atoms with Gasteiger partial charge in [0.25, 0.3) is 5.91 Å². The van der Waals surface area contributed by atoms with Gasteiger partial charge < -0.3 is 15.0 Å². The maximum atomic E-state index is 13.1. The largest absolute Gasteiger partial charge is 0.381 e. The summed E-state index contributed by atoms with van der Waals surface area (Å²) < 4.78 is 5.45. The van der Waals surface area contributed by atoms with Crippen molar-refractivity contribution >= 4 is 28.8 Å². The van der Waals surface area contributed by atoms with E-state index in [1.807, 2.05) is 16.3 Å². The van der Waals surface area contributed by atoms with Crippen LogP contribution in [-0.4, -0.2) is 36.0 Å². The maximum absolute atomic E-state index is 13.1. The highest BCUT2D eigenvalue weighted by molar-refractivity contribution is 7.09. The molecular formula is C19H22N2O3S. The molecule has 3 rings (SSSR count). The van der Waals surface area contributed by atoms with Crippen LogP contribution in [0.2, 0.25) is 0 Å². The molecule has 6 heteroatoms. The van der Waals surface area contributed by atoms with Gasteiger partial charge in [-0.2, -0.15) is 0 Å². The van der Waals surface area contributed by atoms with Crippen molar-refractivity contribution in [3.8, 4) is 0 Å². The van der Waals surface area contributed by atoms with Crippen molar-refractivity contribution in [2.45, 2.75) is 32.4 Å². The lowest BCUT2D eigenvalue weighted by molar-refractivity contribution is -0.114. The Morgan fingerprint density at radius 1 is 1.20 bits per heavy atom. The first-order valence-corrected chi connectivity index (χ1v) is 9.30. The number of carbonyl (C=O) groups excluding carboxylic acids is 2. The molecule has 1 fully saturated rings. The molecule has 0 atom stereocenters. The lowest BCUT2D eigenvalue weighted by Crippen LogP contribution is -2.42. The van der Waals surface area contributed by atoms with Crippen LogP contribution in [0.25, 0.3) is 0 Å². The molecule has 5 nitrogen and oxygen atoms in total. The Kier molecular flexibility index (Phi) is 5.83. The van der Waals surface area contributed by atoms with Gasteiger partial charge in [-0.25, -0.2) is 0 Å². The van der Waals surface area contributed by atoms with Gasteiger partial charge in [0.15, 0.2) is 0 Å². The van der Waals surface area contributed by atoms with E-state index in [2.05, 4.69) is 11.4 Å². The number of ether oxygens (including phenoxy) is 1. The first kappa shape index (κ1) is 17.6. The highest BCUT2D eigenvalue weighted by Crippen LogP contribution is 2.23. The van der Waals surface area contributed by atoms with Gasteiger partial charge in [-0.1, -0.05) is 6.07 Å². The Morgan fingerprint density at radius 3 is 2.52 bits per heavy atom. The van der Waals surface area contributed by atoms with Crippen LogP contribution in [0.3, 0.4) is 0 Å². The van der Waals surface area contributed by atoms with Crippen molar-refractivity contribution in [2.24, 2.45) is 0 Å². The summed E-state index contributed by atoms with van der Waals surface area (Å²) in [6, 6.07) is 11.3. The van der Waals surface area contributed by atoms with Crippen molar-refractivity contribution in [3.05, 3.63) is 52.2 Å². The van der Waals surface area contributed by atoms with Crippen molar-refractivity contribution in [3.63, 3.8) is 0 Å². The molecule has 2 aromatic rings. The zero-order valence-electron chi connectivity index (χ0n) is 14.2. The second kappa shape index (κ2) is 8.27. The van der Waals surface area contributed by atoms with E-state index in [4.69, 9.17) is 4.74 Å². The third-order valence-corrected chi connectivity index (χ3v) is 5.11. The molecule has 1 aromatic heterocycles. The summed E-state index contributed by atoms with van der Waals surface area (Å²) in [5.74, 6) is -0.102. The molecule has 0 saturated carbocycles. The van der Waals surface area contributed by atoms with E-state index < -0.39 is 0 Å². The number of benzene rings is 1. The van der Waals surface area contributed by atoms with Crippen LogP contribution < -0.4 is 5.32 Å². The summed E-state index contributed by atoms with van der Waals surface area (Å²) in [6.07, 6.45) is 1.72. The fourth-order valence-corrected chi connectivity index (χ4v) is 3.70. The molecule has 0 spiro atoms. The van der Waals surface area contributed by atoms with E-state index >= 15 is 0 Å². The predicted octanol–water partition coefficient (Wildman–Crippen LogP) is 3.53. The number of thiophene rings is 1. The number of rotatable bonds is 5. The topological polar surface area (TPSA) is 58.6 Å². The second-order valence-corrected chi connectivity index (χ2v) is 7.15. The number of nitrogens with one attached hydrogen (secondary N) is 1. The molecule has 2 heterocycles. The van der Waals surface area contributed by atoms with E-state index in [0.717, 1.165) is 12.8 Å². The van der Waals surface area contributed by atoms with E-state index in [-0.39, 0.29) is 17.9 Å². The van der Waals surface area contributed by atoms with Crippen LogP contribution in [0.4, 0.5) is 5.69 Å². The van der Waals surface area contributed by atoms with E-state index in [0.29, 0.717) is 31.0 Å². The van der Waals surface area contributed by atoms with Crippen molar-refractivity contribution < 1.29 is 14.3 Å². The van der Waals surface area contributed by atoms with Crippen LogP contribution in [0.1, 0.15) is 35.0 Å². The van der Waals surface area contributed by atoms with Gasteiger partial charge in [-0.3, -0.25) is 9.59 Å².